The van der Waals surface area contributed by atoms with Crippen LogP contribution >= 0.6 is 0 Å². The van der Waals surface area contributed by atoms with Crippen LogP contribution in [0.25, 0.3) is 55.3 Å². The van der Waals surface area contributed by atoms with Crippen molar-refractivity contribution in [1.29, 1.82) is 0 Å². The molecule has 0 atom stereocenters. The fraction of sp³-hybridized carbons (Fsp3) is 0.0492. The zero-order chi connectivity index (χ0) is 42.3. The van der Waals surface area contributed by atoms with E-state index in [0.717, 1.165) is 39.7 Å². The second kappa shape index (κ2) is 15.8. The number of para-hydroxylation sites is 2. The van der Waals surface area contributed by atoms with Crippen molar-refractivity contribution >= 4 is 44.9 Å². The molecule has 1 aliphatic rings. The van der Waals surface area contributed by atoms with Crippen LogP contribution in [0.5, 0.6) is 0 Å². The molecule has 0 heterocycles. The smallest absolute Gasteiger partial charge is 0.0488 e. The largest absolute Gasteiger partial charge is 0.310 e. The molecule has 0 saturated carbocycles. The van der Waals surface area contributed by atoms with Crippen LogP contribution in [0.15, 0.2) is 243 Å². The first-order valence-corrected chi connectivity index (χ1v) is 21.8. The van der Waals surface area contributed by atoms with Gasteiger partial charge in [-0.3, -0.25) is 0 Å². The fourth-order valence-electron chi connectivity index (χ4n) is 9.77. The summed E-state index contributed by atoms with van der Waals surface area (Å²) in [5.41, 5.74) is 18.7. The summed E-state index contributed by atoms with van der Waals surface area (Å²) >= 11 is 0. The molecule has 0 aliphatic heterocycles. The van der Waals surface area contributed by atoms with Crippen molar-refractivity contribution in [2.45, 2.75) is 19.3 Å². The molecule has 0 radical (unpaired) electrons. The minimum Gasteiger partial charge on any atom is -0.310 e. The Hall–Kier alpha value is -7.94. The third kappa shape index (κ3) is 6.87. The number of hydrogen-bond acceptors (Lipinski definition) is 2. The molecule has 10 aromatic rings. The lowest BCUT2D eigenvalue weighted by Crippen LogP contribution is -2.17. The standard InChI is InChI=1S/C61H46N2/c1-61(2)58-33-18-17-30-56(58)57-37-36-51(42-59(57)61)63(50-35-34-43-20-15-16-25-46(43)38-50)53-40-47(39-52(41-53)62(48-26-11-5-12-27-48)49-28-13-6-14-29-49)60-54(44-21-7-3-8-22-44)31-19-32-55(60)45-23-9-4-10-24-45/h3-42H,1-2H3. The number of fused-ring (bicyclic) bond motifs is 4. The Morgan fingerprint density at radius 2 is 0.730 bits per heavy atom. The van der Waals surface area contributed by atoms with Crippen LogP contribution in [0, 0.1) is 0 Å². The highest BCUT2D eigenvalue weighted by atomic mass is 15.2. The van der Waals surface area contributed by atoms with E-state index >= 15 is 0 Å². The molecule has 63 heavy (non-hydrogen) atoms. The summed E-state index contributed by atoms with van der Waals surface area (Å²) in [6.07, 6.45) is 0. The fourth-order valence-corrected chi connectivity index (χ4v) is 9.77. The maximum atomic E-state index is 2.47. The Morgan fingerprint density at radius 1 is 0.270 bits per heavy atom. The van der Waals surface area contributed by atoms with Crippen molar-refractivity contribution in [3.8, 4) is 44.5 Å². The third-order valence-corrected chi connectivity index (χ3v) is 12.8. The summed E-state index contributed by atoms with van der Waals surface area (Å²) in [5.74, 6) is 0. The van der Waals surface area contributed by atoms with Gasteiger partial charge in [0.05, 0.1) is 0 Å². The first-order valence-electron chi connectivity index (χ1n) is 21.8. The molecule has 2 nitrogen and oxygen atoms in total. The Balaban J connectivity index is 1.23. The zero-order valence-corrected chi connectivity index (χ0v) is 35.5. The van der Waals surface area contributed by atoms with Gasteiger partial charge in [-0.1, -0.05) is 190 Å². The number of hydrogen-bond donors (Lipinski definition) is 0. The third-order valence-electron chi connectivity index (χ3n) is 12.8. The quantitative estimate of drug-likeness (QED) is 0.143. The molecular weight excluding hydrogens is 761 g/mol. The summed E-state index contributed by atoms with van der Waals surface area (Å²) in [6, 6.07) is 88.6. The van der Waals surface area contributed by atoms with E-state index in [1.54, 1.807) is 0 Å². The van der Waals surface area contributed by atoms with Gasteiger partial charge >= 0.3 is 0 Å². The van der Waals surface area contributed by atoms with Crippen LogP contribution < -0.4 is 9.80 Å². The Labute approximate surface area is 370 Å². The van der Waals surface area contributed by atoms with Gasteiger partial charge in [-0.2, -0.15) is 0 Å². The maximum Gasteiger partial charge on any atom is 0.0488 e. The van der Waals surface area contributed by atoms with E-state index in [0.29, 0.717) is 0 Å². The molecule has 0 bridgehead atoms. The van der Waals surface area contributed by atoms with Crippen LogP contribution in [0.3, 0.4) is 0 Å². The summed E-state index contributed by atoms with van der Waals surface area (Å²) < 4.78 is 0. The number of anilines is 6. The summed E-state index contributed by atoms with van der Waals surface area (Å²) in [5, 5.41) is 2.41. The van der Waals surface area contributed by atoms with Crippen molar-refractivity contribution in [2.75, 3.05) is 9.80 Å². The van der Waals surface area contributed by atoms with Crippen LogP contribution in [0.4, 0.5) is 34.1 Å². The second-order valence-electron chi connectivity index (χ2n) is 17.0. The van der Waals surface area contributed by atoms with E-state index in [2.05, 4.69) is 266 Å². The molecule has 0 saturated heterocycles. The van der Waals surface area contributed by atoms with Crippen LogP contribution in [0.1, 0.15) is 25.0 Å². The molecule has 10 aromatic carbocycles. The molecule has 0 N–H and O–H groups in total. The van der Waals surface area contributed by atoms with Gasteiger partial charge in [-0.05, 0) is 133 Å². The van der Waals surface area contributed by atoms with Gasteiger partial charge in [0, 0.05) is 39.5 Å². The molecule has 0 spiro atoms. The van der Waals surface area contributed by atoms with Crippen molar-refractivity contribution in [3.63, 3.8) is 0 Å². The van der Waals surface area contributed by atoms with E-state index in [9.17, 15) is 0 Å². The van der Waals surface area contributed by atoms with E-state index in [4.69, 9.17) is 0 Å². The lowest BCUT2D eigenvalue weighted by molar-refractivity contribution is 0.660. The number of nitrogens with zero attached hydrogens (tertiary/aromatic N) is 2. The highest BCUT2D eigenvalue weighted by Gasteiger charge is 2.36. The summed E-state index contributed by atoms with van der Waals surface area (Å²) in [7, 11) is 0. The van der Waals surface area contributed by atoms with Gasteiger partial charge in [-0.15, -0.1) is 0 Å². The van der Waals surface area contributed by atoms with Gasteiger partial charge in [-0.25, -0.2) is 0 Å². The minimum atomic E-state index is -0.166. The second-order valence-corrected chi connectivity index (χ2v) is 17.0. The van der Waals surface area contributed by atoms with Crippen molar-refractivity contribution in [2.24, 2.45) is 0 Å². The van der Waals surface area contributed by atoms with Crippen LogP contribution in [0.2, 0.25) is 0 Å². The lowest BCUT2D eigenvalue weighted by atomic mass is 9.82. The molecule has 2 heteroatoms. The van der Waals surface area contributed by atoms with Gasteiger partial charge in [0.15, 0.2) is 0 Å². The summed E-state index contributed by atoms with van der Waals surface area (Å²) in [4.78, 5) is 4.86. The maximum absolute atomic E-state index is 2.47. The highest BCUT2D eigenvalue weighted by Crippen LogP contribution is 2.52. The molecule has 0 aromatic heterocycles. The Morgan fingerprint density at radius 3 is 1.35 bits per heavy atom. The van der Waals surface area contributed by atoms with E-state index in [-0.39, 0.29) is 5.41 Å². The van der Waals surface area contributed by atoms with Crippen LogP contribution in [-0.2, 0) is 5.41 Å². The normalized spacial score (nSPS) is 12.4. The lowest BCUT2D eigenvalue weighted by Gasteiger charge is -2.31. The predicted molar refractivity (Wildman–Crippen MR) is 267 cm³/mol. The van der Waals surface area contributed by atoms with E-state index in [1.807, 2.05) is 0 Å². The first-order chi connectivity index (χ1) is 31.0. The van der Waals surface area contributed by atoms with Gasteiger partial charge in [0.2, 0.25) is 0 Å². The average molecular weight is 807 g/mol. The molecule has 0 fully saturated rings. The van der Waals surface area contributed by atoms with Crippen LogP contribution in [-0.4, -0.2) is 0 Å². The van der Waals surface area contributed by atoms with E-state index < -0.39 is 0 Å². The minimum absolute atomic E-state index is 0.166. The zero-order valence-electron chi connectivity index (χ0n) is 35.5. The van der Waals surface area contributed by atoms with Crippen molar-refractivity contribution < 1.29 is 0 Å². The molecular formula is C61H46N2. The first kappa shape index (κ1) is 38.0. The Bertz CT molecular complexity index is 3150. The summed E-state index contributed by atoms with van der Waals surface area (Å²) in [6.45, 7) is 4.73. The predicted octanol–water partition coefficient (Wildman–Crippen LogP) is 17.1. The van der Waals surface area contributed by atoms with Gasteiger partial charge in [0.25, 0.3) is 0 Å². The number of rotatable bonds is 9. The Kier molecular flexibility index (Phi) is 9.55. The highest BCUT2D eigenvalue weighted by molar-refractivity contribution is 5.99. The average Bonchev–Trinajstić information content (AvgIpc) is 3.57. The van der Waals surface area contributed by atoms with Crippen molar-refractivity contribution in [1.82, 2.24) is 0 Å². The monoisotopic (exact) mass is 806 g/mol. The molecule has 300 valence electrons. The van der Waals surface area contributed by atoms with Crippen molar-refractivity contribution in [3.05, 3.63) is 254 Å². The molecule has 0 amide bonds. The SMILES string of the molecule is CC1(C)c2ccccc2-c2ccc(N(c3cc(-c4c(-c5ccccc5)cccc4-c4ccccc4)cc(N(c4ccccc4)c4ccccc4)c3)c3ccc4ccccc4c3)cc21. The molecule has 1 aliphatic carbocycles. The molecule has 0 unspecified atom stereocenters. The van der Waals surface area contributed by atoms with Gasteiger partial charge in [0.1, 0.15) is 0 Å². The van der Waals surface area contributed by atoms with E-state index in [1.165, 1.54) is 60.8 Å². The topological polar surface area (TPSA) is 6.48 Å². The van der Waals surface area contributed by atoms with Gasteiger partial charge < -0.3 is 9.80 Å². The molecule has 11 rings (SSSR count). The number of benzene rings is 10.